The van der Waals surface area contributed by atoms with E-state index >= 15 is 0 Å². The molecule has 6 heteroatoms. The third-order valence-corrected chi connectivity index (χ3v) is 8.94. The van der Waals surface area contributed by atoms with E-state index in [9.17, 15) is 10.1 Å². The Morgan fingerprint density at radius 2 is 1.33 bits per heavy atom. The van der Waals surface area contributed by atoms with Crippen molar-refractivity contribution in [1.29, 1.82) is 5.26 Å². The molecule has 0 bridgehead atoms. The van der Waals surface area contributed by atoms with Gasteiger partial charge in [-0.25, -0.2) is 0 Å². The Morgan fingerprint density at radius 1 is 0.963 bits per heavy atom. The van der Waals surface area contributed by atoms with Gasteiger partial charge in [-0.05, 0) is 75.7 Å². The zero-order valence-corrected chi connectivity index (χ0v) is 20.3. The highest BCUT2D eigenvalue weighted by molar-refractivity contribution is 7.53. The second kappa shape index (κ2) is 11.3. The summed E-state index contributed by atoms with van der Waals surface area (Å²) in [5.74, 6) is -0.262. The Hall–Kier alpha value is -0.690. The lowest BCUT2D eigenvalue weighted by atomic mass is 9.89. The lowest BCUT2D eigenvalue weighted by molar-refractivity contribution is -0.141. The largest absolute Gasteiger partial charge is 0.466 e. The van der Waals surface area contributed by atoms with Gasteiger partial charge >= 0.3 is 5.97 Å². The van der Waals surface area contributed by atoms with Crippen LogP contribution in [0.25, 0.3) is 0 Å². The molecule has 0 radical (unpaired) electrons. The topological polar surface area (TPSA) is 56.6 Å². The summed E-state index contributed by atoms with van der Waals surface area (Å²) in [6.45, 7) is 23.7. The van der Waals surface area contributed by atoms with Crippen molar-refractivity contribution in [3.8, 4) is 6.07 Å². The molecule has 0 aliphatic carbocycles. The zero-order valence-electron chi connectivity index (χ0n) is 19.4. The Labute approximate surface area is 169 Å². The molecule has 0 amide bonds. The van der Waals surface area contributed by atoms with E-state index in [0.29, 0.717) is 37.2 Å². The maximum atomic E-state index is 11.3. The van der Waals surface area contributed by atoms with Crippen molar-refractivity contribution < 1.29 is 9.53 Å². The number of rotatable bonds is 11. The van der Waals surface area contributed by atoms with Gasteiger partial charge in [0.05, 0.1) is 18.1 Å². The van der Waals surface area contributed by atoms with Crippen molar-refractivity contribution in [3.05, 3.63) is 0 Å². The van der Waals surface area contributed by atoms with Gasteiger partial charge in [-0.3, -0.25) is 14.1 Å². The minimum Gasteiger partial charge on any atom is -0.466 e. The van der Waals surface area contributed by atoms with Gasteiger partial charge in [-0.2, -0.15) is 5.26 Å². The minimum absolute atomic E-state index is 0.103. The number of nitrogens with zero attached hydrogens (tertiary/aromatic N) is 3. The lowest BCUT2D eigenvalue weighted by Gasteiger charge is -2.52. The van der Waals surface area contributed by atoms with E-state index in [1.807, 2.05) is 13.8 Å². The molecule has 0 heterocycles. The SMILES string of the molecule is CC(=O)OCCC(P(N(C(C)C)C(C)C)N(C(C)C)C(C)C)C(C)(C)C#N. The second-order valence-electron chi connectivity index (χ2n) is 8.93. The predicted molar refractivity (Wildman–Crippen MR) is 116 cm³/mol. The average Bonchev–Trinajstić information content (AvgIpc) is 2.49. The molecule has 27 heavy (non-hydrogen) atoms. The molecular weight excluding hydrogens is 357 g/mol. The van der Waals surface area contributed by atoms with Crippen LogP contribution in [0.5, 0.6) is 0 Å². The first-order valence-corrected chi connectivity index (χ1v) is 11.5. The van der Waals surface area contributed by atoms with E-state index in [0.717, 1.165) is 0 Å². The van der Waals surface area contributed by atoms with Crippen molar-refractivity contribution in [2.75, 3.05) is 6.61 Å². The fourth-order valence-electron chi connectivity index (χ4n) is 3.73. The van der Waals surface area contributed by atoms with E-state index in [2.05, 4.69) is 70.8 Å². The first-order chi connectivity index (χ1) is 12.3. The van der Waals surface area contributed by atoms with Crippen LogP contribution in [0.15, 0.2) is 0 Å². The monoisotopic (exact) mass is 399 g/mol. The van der Waals surface area contributed by atoms with Gasteiger partial charge in [-0.15, -0.1) is 0 Å². The Balaban J connectivity index is 6.32. The Bertz CT molecular complexity index is 462. The number of carbonyl (C=O) groups is 1. The van der Waals surface area contributed by atoms with E-state index in [-0.39, 0.29) is 11.6 Å². The molecule has 5 nitrogen and oxygen atoms in total. The molecule has 1 unspecified atom stereocenters. The molecule has 0 saturated heterocycles. The summed E-state index contributed by atoms with van der Waals surface area (Å²) >= 11 is 0. The predicted octanol–water partition coefficient (Wildman–Crippen LogP) is 5.41. The molecular formula is C21H42N3O2P. The van der Waals surface area contributed by atoms with Crippen LogP contribution in [0.3, 0.4) is 0 Å². The van der Waals surface area contributed by atoms with Crippen LogP contribution in [0, 0.1) is 16.7 Å². The molecule has 0 aromatic rings. The maximum Gasteiger partial charge on any atom is 0.302 e. The summed E-state index contributed by atoms with van der Waals surface area (Å²) in [6, 6.07) is 4.00. The number of carbonyl (C=O) groups excluding carboxylic acids is 1. The van der Waals surface area contributed by atoms with Gasteiger partial charge in [0.25, 0.3) is 0 Å². The third-order valence-electron chi connectivity index (χ3n) is 4.69. The van der Waals surface area contributed by atoms with Gasteiger partial charge in [0, 0.05) is 45.0 Å². The zero-order chi connectivity index (χ0) is 21.5. The van der Waals surface area contributed by atoms with Crippen LogP contribution in [0.1, 0.15) is 82.6 Å². The van der Waals surface area contributed by atoms with Crippen LogP contribution in [0.2, 0.25) is 0 Å². The summed E-state index contributed by atoms with van der Waals surface area (Å²) in [7, 11) is -0.781. The summed E-state index contributed by atoms with van der Waals surface area (Å²) < 4.78 is 10.4. The molecule has 0 fully saturated rings. The van der Waals surface area contributed by atoms with E-state index in [4.69, 9.17) is 4.74 Å². The Kier molecular flexibility index (Phi) is 11.1. The summed E-state index contributed by atoms with van der Waals surface area (Å²) in [6.07, 6.45) is 0.692. The third kappa shape index (κ3) is 7.68. The molecule has 158 valence electrons. The number of hydrogen-bond donors (Lipinski definition) is 0. The highest BCUT2D eigenvalue weighted by Gasteiger charge is 2.45. The molecule has 0 rings (SSSR count). The number of hydrogen-bond acceptors (Lipinski definition) is 5. The Morgan fingerprint density at radius 3 is 1.59 bits per heavy atom. The van der Waals surface area contributed by atoms with Crippen molar-refractivity contribution in [3.63, 3.8) is 0 Å². The normalized spacial score (nSPS) is 14.1. The molecule has 0 aliphatic rings. The highest BCUT2D eigenvalue weighted by Crippen LogP contribution is 2.59. The number of esters is 1. The molecule has 0 aromatic carbocycles. The van der Waals surface area contributed by atoms with Crippen LogP contribution in [-0.2, 0) is 9.53 Å². The maximum absolute atomic E-state index is 11.3. The first kappa shape index (κ1) is 26.3. The molecule has 0 spiro atoms. The summed E-state index contributed by atoms with van der Waals surface area (Å²) in [4.78, 5) is 11.3. The fourth-order valence-corrected chi connectivity index (χ4v) is 7.48. The summed E-state index contributed by atoms with van der Waals surface area (Å²) in [5.41, 5.74) is -0.415. The smallest absolute Gasteiger partial charge is 0.302 e. The van der Waals surface area contributed by atoms with E-state index in [1.54, 1.807) is 0 Å². The van der Waals surface area contributed by atoms with Crippen LogP contribution in [0.4, 0.5) is 0 Å². The van der Waals surface area contributed by atoms with Crippen LogP contribution >= 0.6 is 8.22 Å². The van der Waals surface area contributed by atoms with Crippen LogP contribution in [-0.4, -0.2) is 51.7 Å². The van der Waals surface area contributed by atoms with Gasteiger partial charge in [0.15, 0.2) is 0 Å². The molecule has 0 N–H and O–H groups in total. The van der Waals surface area contributed by atoms with Gasteiger partial charge < -0.3 is 4.74 Å². The van der Waals surface area contributed by atoms with E-state index in [1.165, 1.54) is 6.92 Å². The van der Waals surface area contributed by atoms with Gasteiger partial charge in [-0.1, -0.05) is 0 Å². The van der Waals surface area contributed by atoms with Gasteiger partial charge in [0.1, 0.15) is 0 Å². The molecule has 0 aromatic heterocycles. The second-order valence-corrected chi connectivity index (χ2v) is 11.1. The standard InChI is InChI=1S/C21H42N3O2P/c1-15(2)23(16(3)4)27(24(17(5)6)18(7)8)20(21(10,11)14-22)12-13-26-19(9)25/h15-18,20H,12-13H2,1-11H3. The molecule has 1 atom stereocenters. The molecule has 0 aliphatic heterocycles. The quantitative estimate of drug-likeness (QED) is 0.343. The van der Waals surface area contributed by atoms with Gasteiger partial charge in [0.2, 0.25) is 0 Å². The number of nitriles is 1. The first-order valence-electron chi connectivity index (χ1n) is 10.2. The molecule has 0 saturated carbocycles. The fraction of sp³-hybridized carbons (Fsp3) is 0.905. The van der Waals surface area contributed by atoms with Crippen molar-refractivity contribution in [1.82, 2.24) is 9.34 Å². The lowest BCUT2D eigenvalue weighted by Crippen LogP contribution is -2.48. The minimum atomic E-state index is -0.781. The van der Waals surface area contributed by atoms with Crippen molar-refractivity contribution in [2.24, 2.45) is 5.41 Å². The highest BCUT2D eigenvalue weighted by atomic mass is 31.1. The number of ether oxygens (including phenoxy) is 1. The van der Waals surface area contributed by atoms with Crippen molar-refractivity contribution >= 4 is 14.2 Å². The van der Waals surface area contributed by atoms with E-state index < -0.39 is 13.6 Å². The summed E-state index contributed by atoms with van der Waals surface area (Å²) in [5, 5.41) is 9.96. The van der Waals surface area contributed by atoms with Crippen molar-refractivity contribution in [2.45, 2.75) is 112 Å². The average molecular weight is 400 g/mol. The van der Waals surface area contributed by atoms with Crippen LogP contribution < -0.4 is 0 Å².